The highest BCUT2D eigenvalue weighted by molar-refractivity contribution is 6.01. The van der Waals surface area contributed by atoms with Crippen molar-refractivity contribution in [1.29, 1.82) is 5.26 Å². The third-order valence-corrected chi connectivity index (χ3v) is 4.81. The van der Waals surface area contributed by atoms with Gasteiger partial charge in [0, 0.05) is 12.3 Å². The molecule has 1 saturated heterocycles. The molecule has 1 fully saturated rings. The maximum atomic E-state index is 12.7. The summed E-state index contributed by atoms with van der Waals surface area (Å²) in [4.78, 5) is 18.9. The Kier molecular flexibility index (Phi) is 7.41. The Bertz CT molecular complexity index is 945. The molecule has 156 valence electrons. The standard InChI is InChI=1S/C23H26N4O3/c1-3-29-23(28)19-14-26-16-27(22(19)18-9-12-25-13-10-18)20-6-4-5-7-21(20)30-15-17(2)8-11-24/h4-8,14,16,25H,3,9-10,12-13,15H2,1-2H3/b17-8+. The molecule has 0 radical (unpaired) electrons. The van der Waals surface area contributed by atoms with Crippen LogP contribution in [0.3, 0.4) is 0 Å². The van der Waals surface area contributed by atoms with Gasteiger partial charge in [0.25, 0.3) is 0 Å². The molecule has 7 nitrogen and oxygen atoms in total. The average molecular weight is 406 g/mol. The zero-order chi connectivity index (χ0) is 21.3. The number of piperidine rings is 1. The molecule has 0 bridgehead atoms. The summed E-state index contributed by atoms with van der Waals surface area (Å²) in [6, 6.07) is 9.63. The van der Waals surface area contributed by atoms with Crippen LogP contribution < -0.4 is 15.0 Å². The molecule has 0 spiro atoms. The molecule has 0 aromatic heterocycles. The maximum Gasteiger partial charge on any atom is 0.341 e. The summed E-state index contributed by atoms with van der Waals surface area (Å²) in [7, 11) is 0. The molecule has 1 aromatic carbocycles. The van der Waals surface area contributed by atoms with Gasteiger partial charge in [-0.1, -0.05) is 12.1 Å². The topological polar surface area (TPSA) is 86.9 Å². The van der Waals surface area contributed by atoms with Crippen LogP contribution in [-0.2, 0) is 9.53 Å². The Morgan fingerprint density at radius 1 is 1.33 bits per heavy atom. The van der Waals surface area contributed by atoms with E-state index in [0.29, 0.717) is 24.5 Å². The highest BCUT2D eigenvalue weighted by Crippen LogP contribution is 2.36. The fourth-order valence-electron chi connectivity index (χ4n) is 3.41. The first-order valence-electron chi connectivity index (χ1n) is 10.1. The van der Waals surface area contributed by atoms with Crippen molar-refractivity contribution in [3.63, 3.8) is 0 Å². The number of aliphatic imine (C=N–C) groups is 1. The number of para-hydroxylation sites is 2. The van der Waals surface area contributed by atoms with Crippen LogP contribution in [0.2, 0.25) is 0 Å². The quantitative estimate of drug-likeness (QED) is 0.575. The van der Waals surface area contributed by atoms with Crippen molar-refractivity contribution in [3.8, 4) is 11.8 Å². The number of carbonyl (C=O) groups excluding carboxylic acids is 1. The fourth-order valence-corrected chi connectivity index (χ4v) is 3.41. The smallest absolute Gasteiger partial charge is 0.341 e. The predicted molar refractivity (Wildman–Crippen MR) is 116 cm³/mol. The molecule has 1 N–H and O–H groups in total. The Morgan fingerprint density at radius 3 is 2.83 bits per heavy atom. The van der Waals surface area contributed by atoms with Gasteiger partial charge in [-0.15, -0.1) is 0 Å². The normalized spacial score (nSPS) is 16.8. The molecule has 0 saturated carbocycles. The van der Waals surface area contributed by atoms with Crippen molar-refractivity contribution in [2.75, 3.05) is 31.2 Å². The molecule has 30 heavy (non-hydrogen) atoms. The van der Waals surface area contributed by atoms with Crippen LogP contribution in [0.25, 0.3) is 0 Å². The summed E-state index contributed by atoms with van der Waals surface area (Å²) in [5.41, 5.74) is 4.04. The Balaban J connectivity index is 2.01. The van der Waals surface area contributed by atoms with Crippen molar-refractivity contribution < 1.29 is 14.3 Å². The van der Waals surface area contributed by atoms with Crippen molar-refractivity contribution in [3.05, 3.63) is 59.0 Å². The number of benzene rings is 1. The van der Waals surface area contributed by atoms with Gasteiger partial charge in [0.15, 0.2) is 0 Å². The summed E-state index contributed by atoms with van der Waals surface area (Å²) < 4.78 is 11.3. The van der Waals surface area contributed by atoms with Gasteiger partial charge in [0.1, 0.15) is 17.9 Å². The Hall–Kier alpha value is -3.37. The molecule has 2 aliphatic rings. The lowest BCUT2D eigenvalue weighted by atomic mass is 9.97. The van der Waals surface area contributed by atoms with Crippen molar-refractivity contribution in [1.82, 2.24) is 5.32 Å². The van der Waals surface area contributed by atoms with E-state index in [1.807, 2.05) is 42.2 Å². The summed E-state index contributed by atoms with van der Waals surface area (Å²) in [5, 5.41) is 12.2. The third-order valence-electron chi connectivity index (χ3n) is 4.81. The lowest BCUT2D eigenvalue weighted by molar-refractivity contribution is -0.138. The number of esters is 1. The van der Waals surface area contributed by atoms with Gasteiger partial charge in [-0.25, -0.2) is 9.79 Å². The van der Waals surface area contributed by atoms with Crippen LogP contribution in [0.4, 0.5) is 5.69 Å². The van der Waals surface area contributed by atoms with Crippen LogP contribution >= 0.6 is 0 Å². The maximum absolute atomic E-state index is 12.7. The number of anilines is 1. The van der Waals surface area contributed by atoms with Crippen molar-refractivity contribution in [2.24, 2.45) is 4.99 Å². The molecule has 0 atom stereocenters. The second kappa shape index (κ2) is 10.4. The number of hydrogen-bond acceptors (Lipinski definition) is 7. The van der Waals surface area contributed by atoms with E-state index >= 15 is 0 Å². The van der Waals surface area contributed by atoms with Crippen molar-refractivity contribution in [2.45, 2.75) is 26.7 Å². The lowest BCUT2D eigenvalue weighted by Crippen LogP contribution is -2.32. The van der Waals surface area contributed by atoms with Gasteiger partial charge in [-0.05, 0) is 63.1 Å². The van der Waals surface area contributed by atoms with Gasteiger partial charge in [0.2, 0.25) is 0 Å². The van der Waals surface area contributed by atoms with Gasteiger partial charge in [0.05, 0.1) is 30.4 Å². The Morgan fingerprint density at radius 2 is 2.10 bits per heavy atom. The number of allylic oxidation sites excluding steroid dienone is 1. The molecule has 1 aromatic rings. The lowest BCUT2D eigenvalue weighted by Gasteiger charge is -2.31. The summed E-state index contributed by atoms with van der Waals surface area (Å²) in [6.45, 7) is 5.95. The van der Waals surface area contributed by atoms with Crippen molar-refractivity contribution >= 4 is 18.0 Å². The Labute approximate surface area is 177 Å². The number of rotatable bonds is 6. The molecule has 3 rings (SSSR count). The van der Waals surface area contributed by atoms with Crippen LogP contribution in [0.15, 0.2) is 64.0 Å². The first kappa shape index (κ1) is 21.3. The molecule has 0 aliphatic carbocycles. The fraction of sp³-hybridized carbons (Fsp3) is 0.348. The second-order valence-electron chi connectivity index (χ2n) is 6.98. The summed E-state index contributed by atoms with van der Waals surface area (Å²) in [6.07, 6.45) is 6.41. The second-order valence-corrected chi connectivity index (χ2v) is 6.98. The minimum Gasteiger partial charge on any atom is -0.487 e. The molecule has 0 amide bonds. The number of nitriles is 1. The van der Waals surface area contributed by atoms with E-state index in [1.165, 1.54) is 11.6 Å². The van der Waals surface area contributed by atoms with Gasteiger partial charge < -0.3 is 14.8 Å². The number of carbonyl (C=O) groups is 1. The molecular weight excluding hydrogens is 380 g/mol. The van der Waals surface area contributed by atoms with Crippen LogP contribution in [0, 0.1) is 11.3 Å². The molecule has 2 heterocycles. The zero-order valence-electron chi connectivity index (χ0n) is 17.4. The molecular formula is C23H26N4O3. The van der Waals surface area contributed by atoms with E-state index in [4.69, 9.17) is 14.7 Å². The van der Waals surface area contributed by atoms with E-state index in [2.05, 4.69) is 10.3 Å². The van der Waals surface area contributed by atoms with E-state index in [1.54, 1.807) is 19.5 Å². The SMILES string of the molecule is CCOC(=O)C1=CN=CN(c2ccccc2OC/C(C)=C/C#N)C1=C1CCNCC1. The number of hydrogen-bond donors (Lipinski definition) is 1. The number of nitrogens with zero attached hydrogens (tertiary/aromatic N) is 3. The summed E-state index contributed by atoms with van der Waals surface area (Å²) >= 11 is 0. The highest BCUT2D eigenvalue weighted by Gasteiger charge is 2.29. The number of nitrogens with one attached hydrogen (secondary N) is 1. The first-order chi connectivity index (χ1) is 14.7. The van der Waals surface area contributed by atoms with Crippen LogP contribution in [0.5, 0.6) is 5.75 Å². The number of ether oxygens (including phenoxy) is 2. The highest BCUT2D eigenvalue weighted by atomic mass is 16.5. The van der Waals surface area contributed by atoms with E-state index in [9.17, 15) is 4.79 Å². The van der Waals surface area contributed by atoms with E-state index in [-0.39, 0.29) is 5.97 Å². The van der Waals surface area contributed by atoms with Crippen LogP contribution in [-0.4, -0.2) is 38.6 Å². The molecule has 7 heteroatoms. The summed E-state index contributed by atoms with van der Waals surface area (Å²) in [5.74, 6) is 0.262. The van der Waals surface area contributed by atoms with Gasteiger partial charge >= 0.3 is 5.97 Å². The largest absolute Gasteiger partial charge is 0.487 e. The van der Waals surface area contributed by atoms with E-state index in [0.717, 1.165) is 42.9 Å². The minimum absolute atomic E-state index is 0.298. The molecule has 2 aliphatic heterocycles. The van der Waals surface area contributed by atoms with Gasteiger partial charge in [-0.3, -0.25) is 4.90 Å². The first-order valence-corrected chi connectivity index (χ1v) is 10.1. The van der Waals surface area contributed by atoms with Crippen LogP contribution in [0.1, 0.15) is 26.7 Å². The monoisotopic (exact) mass is 406 g/mol. The molecule has 0 unspecified atom stereocenters. The minimum atomic E-state index is -0.383. The average Bonchev–Trinajstić information content (AvgIpc) is 2.78. The third kappa shape index (κ3) is 4.97. The van der Waals surface area contributed by atoms with E-state index < -0.39 is 0 Å². The zero-order valence-corrected chi connectivity index (χ0v) is 17.4. The predicted octanol–water partition coefficient (Wildman–Crippen LogP) is 3.47. The van der Waals surface area contributed by atoms with Gasteiger partial charge in [-0.2, -0.15) is 5.26 Å².